The number of hydrogen-bond acceptors (Lipinski definition) is 1. The molecule has 0 N–H and O–H groups in total. The van der Waals surface area contributed by atoms with Crippen LogP contribution in [0.1, 0.15) is 36.5 Å². The normalized spacial score (nSPS) is 12.5. The average molecular weight is 252 g/mol. The van der Waals surface area contributed by atoms with Crippen molar-refractivity contribution >= 4 is 0 Å². The molecule has 0 aromatic heterocycles. The van der Waals surface area contributed by atoms with E-state index in [2.05, 4.69) is 44.2 Å². The molecule has 0 amide bonds. The van der Waals surface area contributed by atoms with Gasteiger partial charge in [-0.25, -0.2) is 0 Å². The molecule has 1 heteroatoms. The summed E-state index contributed by atoms with van der Waals surface area (Å²) in [5.74, 6) is 1.02. The maximum Gasteiger partial charge on any atom is 0.127 e. The van der Waals surface area contributed by atoms with Crippen molar-refractivity contribution in [2.45, 2.75) is 39.7 Å². The average Bonchev–Trinajstić information content (AvgIpc) is 2.45. The monoisotopic (exact) mass is 252 g/mol. The van der Waals surface area contributed by atoms with Crippen molar-refractivity contribution in [3.05, 3.63) is 53.1 Å². The van der Waals surface area contributed by atoms with Crippen LogP contribution in [0.2, 0.25) is 0 Å². The summed E-state index contributed by atoms with van der Waals surface area (Å²) in [6, 6.07) is 13.0. The molecule has 0 spiro atoms. The van der Waals surface area contributed by atoms with Crippen molar-refractivity contribution in [3.8, 4) is 16.9 Å². The summed E-state index contributed by atoms with van der Waals surface area (Å²) in [5.41, 5.74) is 6.77. The summed E-state index contributed by atoms with van der Waals surface area (Å²) in [7, 11) is 0. The van der Waals surface area contributed by atoms with Gasteiger partial charge in [-0.3, -0.25) is 0 Å². The zero-order valence-electron chi connectivity index (χ0n) is 11.7. The summed E-state index contributed by atoms with van der Waals surface area (Å²) >= 11 is 0. The molecule has 2 aromatic carbocycles. The van der Waals surface area contributed by atoms with Gasteiger partial charge in [0, 0.05) is 11.1 Å². The predicted octanol–water partition coefficient (Wildman–Crippen LogP) is 4.90. The first kappa shape index (κ1) is 12.3. The van der Waals surface area contributed by atoms with Crippen molar-refractivity contribution < 1.29 is 4.74 Å². The molecular formula is C18H20O. The van der Waals surface area contributed by atoms with E-state index >= 15 is 0 Å². The molecule has 98 valence electrons. The summed E-state index contributed by atoms with van der Waals surface area (Å²) < 4.78 is 5.85. The molecule has 3 rings (SSSR count). The molecule has 0 saturated carbocycles. The Labute approximate surface area is 115 Å². The highest BCUT2D eigenvalue weighted by molar-refractivity contribution is 5.76. The van der Waals surface area contributed by atoms with E-state index in [1.54, 1.807) is 0 Å². The summed E-state index contributed by atoms with van der Waals surface area (Å²) in [6.45, 7) is 5.15. The number of fused-ring (bicyclic) bond motifs is 3. The SMILES string of the molecule is CCCCc1cc(C)c2c(c1)-c1ccccc1OC2. The minimum atomic E-state index is 0.701. The molecule has 1 aliphatic heterocycles. The van der Waals surface area contributed by atoms with Gasteiger partial charge in [-0.2, -0.15) is 0 Å². The summed E-state index contributed by atoms with van der Waals surface area (Å²) in [6.07, 6.45) is 3.68. The predicted molar refractivity (Wildman–Crippen MR) is 79.6 cm³/mol. The number of para-hydroxylation sites is 1. The molecule has 0 saturated heterocycles. The van der Waals surface area contributed by atoms with Crippen LogP contribution < -0.4 is 4.74 Å². The van der Waals surface area contributed by atoms with Gasteiger partial charge in [0.25, 0.3) is 0 Å². The van der Waals surface area contributed by atoms with Gasteiger partial charge in [-0.15, -0.1) is 0 Å². The third kappa shape index (κ3) is 2.25. The van der Waals surface area contributed by atoms with Gasteiger partial charge in [0.1, 0.15) is 12.4 Å². The Morgan fingerprint density at radius 2 is 1.95 bits per heavy atom. The van der Waals surface area contributed by atoms with E-state index < -0.39 is 0 Å². The van der Waals surface area contributed by atoms with Gasteiger partial charge >= 0.3 is 0 Å². The van der Waals surface area contributed by atoms with Crippen molar-refractivity contribution in [2.75, 3.05) is 0 Å². The third-order valence-corrected chi connectivity index (χ3v) is 3.90. The van der Waals surface area contributed by atoms with Crippen molar-refractivity contribution in [1.82, 2.24) is 0 Å². The number of unbranched alkanes of at least 4 members (excludes halogenated alkanes) is 1. The highest BCUT2D eigenvalue weighted by atomic mass is 16.5. The highest BCUT2D eigenvalue weighted by Gasteiger charge is 2.18. The van der Waals surface area contributed by atoms with Crippen LogP contribution >= 0.6 is 0 Å². The molecule has 1 nitrogen and oxygen atoms in total. The molecule has 0 aliphatic carbocycles. The maximum absolute atomic E-state index is 5.85. The molecule has 1 heterocycles. The van der Waals surface area contributed by atoms with Gasteiger partial charge in [0.15, 0.2) is 0 Å². The number of benzene rings is 2. The van der Waals surface area contributed by atoms with Gasteiger partial charge in [-0.1, -0.05) is 43.7 Å². The summed E-state index contributed by atoms with van der Waals surface area (Å²) in [4.78, 5) is 0. The van der Waals surface area contributed by atoms with Crippen LogP contribution in [-0.2, 0) is 13.0 Å². The minimum absolute atomic E-state index is 0.701. The molecule has 2 aromatic rings. The van der Waals surface area contributed by atoms with Gasteiger partial charge in [0.2, 0.25) is 0 Å². The van der Waals surface area contributed by atoms with E-state index in [0.29, 0.717) is 6.61 Å². The van der Waals surface area contributed by atoms with Crippen LogP contribution in [0.25, 0.3) is 11.1 Å². The Balaban J connectivity index is 2.09. The Morgan fingerprint density at radius 3 is 2.79 bits per heavy atom. The molecule has 0 atom stereocenters. The Kier molecular flexibility index (Phi) is 3.29. The fourth-order valence-electron chi connectivity index (χ4n) is 2.81. The van der Waals surface area contributed by atoms with E-state index in [1.165, 1.54) is 47.1 Å². The van der Waals surface area contributed by atoms with E-state index in [-0.39, 0.29) is 0 Å². The second-order valence-corrected chi connectivity index (χ2v) is 5.33. The molecule has 19 heavy (non-hydrogen) atoms. The zero-order chi connectivity index (χ0) is 13.2. The van der Waals surface area contributed by atoms with E-state index in [9.17, 15) is 0 Å². The first-order chi connectivity index (χ1) is 9.29. The second kappa shape index (κ2) is 5.08. The third-order valence-electron chi connectivity index (χ3n) is 3.90. The van der Waals surface area contributed by atoms with Crippen molar-refractivity contribution in [3.63, 3.8) is 0 Å². The zero-order valence-corrected chi connectivity index (χ0v) is 11.7. The van der Waals surface area contributed by atoms with E-state index in [1.807, 2.05) is 6.07 Å². The van der Waals surface area contributed by atoms with Gasteiger partial charge in [0.05, 0.1) is 0 Å². The molecule has 0 bridgehead atoms. The Hall–Kier alpha value is -1.76. The van der Waals surface area contributed by atoms with Crippen LogP contribution in [0.5, 0.6) is 5.75 Å². The maximum atomic E-state index is 5.85. The lowest BCUT2D eigenvalue weighted by Gasteiger charge is -2.23. The second-order valence-electron chi connectivity index (χ2n) is 5.33. The number of rotatable bonds is 3. The van der Waals surface area contributed by atoms with Crippen LogP contribution in [0.15, 0.2) is 36.4 Å². The topological polar surface area (TPSA) is 9.23 Å². The van der Waals surface area contributed by atoms with Crippen LogP contribution in [0.4, 0.5) is 0 Å². The van der Waals surface area contributed by atoms with Crippen LogP contribution in [-0.4, -0.2) is 0 Å². The van der Waals surface area contributed by atoms with E-state index in [0.717, 1.165) is 5.75 Å². The van der Waals surface area contributed by atoms with Crippen LogP contribution in [0.3, 0.4) is 0 Å². The molecular weight excluding hydrogens is 232 g/mol. The van der Waals surface area contributed by atoms with Gasteiger partial charge < -0.3 is 4.74 Å². The van der Waals surface area contributed by atoms with Crippen molar-refractivity contribution in [2.24, 2.45) is 0 Å². The lowest BCUT2D eigenvalue weighted by Crippen LogP contribution is -2.08. The standard InChI is InChI=1S/C18H20O/c1-3-4-7-14-10-13(2)17-12-19-18-9-6-5-8-15(18)16(17)11-14/h5-6,8-11H,3-4,7,12H2,1-2H3. The first-order valence-electron chi connectivity index (χ1n) is 7.14. The molecule has 1 aliphatic rings. The number of ether oxygens (including phenoxy) is 1. The molecule has 0 fully saturated rings. The lowest BCUT2D eigenvalue weighted by atomic mass is 9.90. The van der Waals surface area contributed by atoms with Gasteiger partial charge in [-0.05, 0) is 42.5 Å². The minimum Gasteiger partial charge on any atom is -0.488 e. The fraction of sp³-hybridized carbons (Fsp3) is 0.333. The smallest absolute Gasteiger partial charge is 0.127 e. The molecule has 0 radical (unpaired) electrons. The number of hydrogen-bond donors (Lipinski definition) is 0. The highest BCUT2D eigenvalue weighted by Crippen LogP contribution is 2.39. The Morgan fingerprint density at radius 1 is 1.11 bits per heavy atom. The fourth-order valence-corrected chi connectivity index (χ4v) is 2.81. The summed E-state index contributed by atoms with van der Waals surface area (Å²) in [5, 5.41) is 0. The first-order valence-corrected chi connectivity index (χ1v) is 7.14. The number of aryl methyl sites for hydroxylation is 2. The lowest BCUT2D eigenvalue weighted by molar-refractivity contribution is 0.301. The largest absolute Gasteiger partial charge is 0.488 e. The molecule has 0 unspecified atom stereocenters. The quantitative estimate of drug-likeness (QED) is 0.755. The Bertz CT molecular complexity index is 599. The van der Waals surface area contributed by atoms with Crippen LogP contribution in [0, 0.1) is 6.92 Å². The van der Waals surface area contributed by atoms with Crippen molar-refractivity contribution in [1.29, 1.82) is 0 Å². The van der Waals surface area contributed by atoms with E-state index in [4.69, 9.17) is 4.74 Å².